The molecular formula is C11H6N2O2. The van der Waals surface area contributed by atoms with Crippen molar-refractivity contribution in [2.24, 2.45) is 0 Å². The molecule has 0 aliphatic carbocycles. The van der Waals surface area contributed by atoms with Crippen LogP contribution in [0, 0.1) is 0 Å². The number of nitrogens with one attached hydrogen (secondary N) is 1. The fourth-order valence-electron chi connectivity index (χ4n) is 1.71. The number of benzene rings is 1. The fraction of sp³-hybridized carbons (Fsp3) is 0. The van der Waals surface area contributed by atoms with Crippen LogP contribution in [0.2, 0.25) is 0 Å². The summed E-state index contributed by atoms with van der Waals surface area (Å²) in [5.74, 6) is -0.288. The second-order valence-corrected chi connectivity index (χ2v) is 3.36. The Morgan fingerprint density at radius 1 is 1.13 bits per heavy atom. The summed E-state index contributed by atoms with van der Waals surface area (Å²) in [7, 11) is 0. The van der Waals surface area contributed by atoms with Crippen LogP contribution in [0.25, 0.3) is 10.8 Å². The summed E-state index contributed by atoms with van der Waals surface area (Å²) in [5.41, 5.74) is 0.501. The van der Waals surface area contributed by atoms with Crippen molar-refractivity contribution in [3.05, 3.63) is 46.4 Å². The molecule has 1 amide bonds. The van der Waals surface area contributed by atoms with Crippen LogP contribution in [-0.4, -0.2) is 10.9 Å². The van der Waals surface area contributed by atoms with Crippen molar-refractivity contribution in [3.8, 4) is 0 Å². The number of carbonyl (C=O) groups excluding carboxylic acids is 1. The number of rotatable bonds is 0. The average molecular weight is 198 g/mol. The van der Waals surface area contributed by atoms with Crippen molar-refractivity contribution in [2.75, 3.05) is 5.32 Å². The molecule has 1 aromatic heterocycles. The van der Waals surface area contributed by atoms with Gasteiger partial charge < -0.3 is 5.32 Å². The molecule has 1 N–H and O–H groups in total. The first-order valence-corrected chi connectivity index (χ1v) is 4.51. The van der Waals surface area contributed by atoms with Crippen LogP contribution in [0.1, 0.15) is 10.5 Å². The second-order valence-electron chi connectivity index (χ2n) is 3.36. The predicted molar refractivity (Wildman–Crippen MR) is 56.0 cm³/mol. The van der Waals surface area contributed by atoms with Crippen molar-refractivity contribution in [1.82, 2.24) is 4.98 Å². The minimum Gasteiger partial charge on any atom is -0.318 e. The molecule has 0 saturated carbocycles. The largest absolute Gasteiger partial charge is 0.318 e. The summed E-state index contributed by atoms with van der Waals surface area (Å²) in [6, 6.07) is 8.81. The highest BCUT2D eigenvalue weighted by molar-refractivity contribution is 6.22. The maximum atomic E-state index is 11.3. The van der Waals surface area contributed by atoms with Crippen LogP contribution in [-0.2, 0) is 0 Å². The molecule has 1 aliphatic heterocycles. The molecule has 72 valence electrons. The van der Waals surface area contributed by atoms with E-state index in [9.17, 15) is 9.59 Å². The lowest BCUT2D eigenvalue weighted by Gasteiger charge is -2.16. The van der Waals surface area contributed by atoms with E-state index in [2.05, 4.69) is 10.3 Å². The van der Waals surface area contributed by atoms with Gasteiger partial charge in [-0.05, 0) is 5.39 Å². The van der Waals surface area contributed by atoms with Gasteiger partial charge in [0.15, 0.2) is 5.69 Å². The van der Waals surface area contributed by atoms with Gasteiger partial charge in [0.1, 0.15) is 0 Å². The molecule has 2 heterocycles. The number of nitrogens with zero attached hydrogens (tertiary/aromatic N) is 1. The predicted octanol–water partition coefficient (Wildman–Crippen LogP) is 1.16. The van der Waals surface area contributed by atoms with E-state index in [4.69, 9.17) is 0 Å². The maximum absolute atomic E-state index is 11.3. The van der Waals surface area contributed by atoms with Gasteiger partial charge in [0, 0.05) is 11.5 Å². The van der Waals surface area contributed by atoms with Crippen molar-refractivity contribution in [3.63, 3.8) is 0 Å². The minimum absolute atomic E-state index is 0.237. The molecule has 0 spiro atoms. The van der Waals surface area contributed by atoms with Crippen LogP contribution in [0.5, 0.6) is 0 Å². The zero-order valence-corrected chi connectivity index (χ0v) is 7.65. The van der Waals surface area contributed by atoms with Gasteiger partial charge in [-0.2, -0.15) is 0 Å². The van der Waals surface area contributed by atoms with Crippen molar-refractivity contribution in [2.45, 2.75) is 0 Å². The average Bonchev–Trinajstić information content (AvgIpc) is 2.34. The quantitative estimate of drug-likeness (QED) is 0.691. The van der Waals surface area contributed by atoms with Crippen molar-refractivity contribution < 1.29 is 4.79 Å². The Kier molecular flexibility index (Phi) is 1.42. The van der Waals surface area contributed by atoms with Crippen LogP contribution < -0.4 is 10.9 Å². The summed E-state index contributed by atoms with van der Waals surface area (Å²) in [4.78, 5) is 26.2. The number of hydrogen-bond donors (Lipinski definition) is 1. The number of hydrogen-bond acceptors (Lipinski definition) is 3. The molecule has 3 rings (SSSR count). The van der Waals surface area contributed by atoms with Crippen LogP contribution >= 0.6 is 0 Å². The molecule has 0 radical (unpaired) electrons. The molecule has 0 unspecified atom stereocenters. The van der Waals surface area contributed by atoms with E-state index in [-0.39, 0.29) is 17.2 Å². The standard InChI is InChI=1S/C11H6N2O2/c14-8-5-6-3-1-2-4-7(6)9-10(12-8)11(15)13-9/h1-5H,(H,13,15). The fourth-order valence-corrected chi connectivity index (χ4v) is 1.71. The first kappa shape index (κ1) is 8.11. The highest BCUT2D eigenvalue weighted by atomic mass is 16.2. The molecule has 2 aromatic rings. The normalized spacial score (nSPS) is 12.9. The number of amides is 1. The lowest BCUT2D eigenvalue weighted by Crippen LogP contribution is -2.27. The van der Waals surface area contributed by atoms with E-state index in [1.165, 1.54) is 6.07 Å². The van der Waals surface area contributed by atoms with Gasteiger partial charge in [0.25, 0.3) is 11.5 Å². The van der Waals surface area contributed by atoms with Gasteiger partial charge in [0.2, 0.25) is 0 Å². The first-order chi connectivity index (χ1) is 7.25. The second kappa shape index (κ2) is 2.63. The van der Waals surface area contributed by atoms with Gasteiger partial charge in [0.05, 0.1) is 5.69 Å². The number of anilines is 1. The highest BCUT2D eigenvalue weighted by Crippen LogP contribution is 2.29. The molecule has 15 heavy (non-hydrogen) atoms. The number of carbonyl (C=O) groups is 1. The highest BCUT2D eigenvalue weighted by Gasteiger charge is 2.26. The number of fused-ring (bicyclic) bond motifs is 3. The molecule has 4 nitrogen and oxygen atoms in total. The Morgan fingerprint density at radius 2 is 1.93 bits per heavy atom. The molecule has 0 atom stereocenters. The topological polar surface area (TPSA) is 59.1 Å². The smallest absolute Gasteiger partial charge is 0.276 e. The van der Waals surface area contributed by atoms with E-state index in [1.807, 2.05) is 24.3 Å². The van der Waals surface area contributed by atoms with Crippen molar-refractivity contribution in [1.29, 1.82) is 0 Å². The van der Waals surface area contributed by atoms with E-state index < -0.39 is 0 Å². The van der Waals surface area contributed by atoms with Gasteiger partial charge in [-0.25, -0.2) is 4.98 Å². The lowest BCUT2D eigenvalue weighted by molar-refractivity contribution is 0.100. The van der Waals surface area contributed by atoms with Gasteiger partial charge in [-0.1, -0.05) is 24.3 Å². The van der Waals surface area contributed by atoms with Gasteiger partial charge in [-0.3, -0.25) is 9.59 Å². The third-order valence-electron chi connectivity index (χ3n) is 2.42. The van der Waals surface area contributed by atoms with Gasteiger partial charge >= 0.3 is 0 Å². The third-order valence-corrected chi connectivity index (χ3v) is 2.42. The Balaban J connectivity index is 2.58. The molecule has 4 heteroatoms. The minimum atomic E-state index is -0.387. The molecule has 1 aromatic carbocycles. The van der Waals surface area contributed by atoms with Crippen LogP contribution in [0.15, 0.2) is 35.1 Å². The van der Waals surface area contributed by atoms with E-state index in [0.29, 0.717) is 5.69 Å². The van der Waals surface area contributed by atoms with E-state index in [0.717, 1.165) is 10.8 Å². The first-order valence-electron chi connectivity index (χ1n) is 4.51. The molecule has 0 fully saturated rings. The summed E-state index contributed by atoms with van der Waals surface area (Å²) < 4.78 is 0. The number of aromatic nitrogens is 1. The molecule has 1 aliphatic rings. The SMILES string of the molecule is O=C1Nc2c1nc(=O)cc1ccccc21. The zero-order valence-electron chi connectivity index (χ0n) is 7.65. The Morgan fingerprint density at radius 3 is 2.73 bits per heavy atom. The summed E-state index contributed by atoms with van der Waals surface area (Å²) >= 11 is 0. The molecular weight excluding hydrogens is 192 g/mol. The zero-order chi connectivity index (χ0) is 10.4. The van der Waals surface area contributed by atoms with Crippen LogP contribution in [0.3, 0.4) is 0 Å². The Labute approximate surface area is 84.6 Å². The monoisotopic (exact) mass is 198 g/mol. The maximum Gasteiger partial charge on any atom is 0.276 e. The summed E-state index contributed by atoms with van der Waals surface area (Å²) in [6.07, 6.45) is 0. The third kappa shape index (κ3) is 1.05. The Hall–Kier alpha value is -2.23. The summed E-state index contributed by atoms with van der Waals surface area (Å²) in [5, 5.41) is 4.27. The Bertz CT molecular complexity index is 650. The van der Waals surface area contributed by atoms with E-state index >= 15 is 0 Å². The van der Waals surface area contributed by atoms with E-state index in [1.54, 1.807) is 0 Å². The van der Waals surface area contributed by atoms with Crippen LogP contribution in [0.4, 0.5) is 5.69 Å². The molecule has 0 bridgehead atoms. The van der Waals surface area contributed by atoms with Crippen molar-refractivity contribution >= 4 is 22.4 Å². The summed E-state index contributed by atoms with van der Waals surface area (Å²) in [6.45, 7) is 0. The van der Waals surface area contributed by atoms with Gasteiger partial charge in [-0.15, -0.1) is 0 Å². The molecule has 0 saturated heterocycles. The lowest BCUT2D eigenvalue weighted by atomic mass is 10.1.